The molecule has 4 aromatic carbocycles. The van der Waals surface area contributed by atoms with Gasteiger partial charge in [0.05, 0.1) is 36.5 Å². The highest BCUT2D eigenvalue weighted by Gasteiger charge is 2.36. The van der Waals surface area contributed by atoms with E-state index in [9.17, 15) is 14.7 Å². The Hall–Kier alpha value is -4.54. The highest BCUT2D eigenvalue weighted by atomic mass is 32.2. The van der Waals surface area contributed by atoms with Crippen LogP contribution in [0.2, 0.25) is 0 Å². The minimum atomic E-state index is -0.578. The van der Waals surface area contributed by atoms with Crippen LogP contribution in [0.3, 0.4) is 0 Å². The number of fused-ring (bicyclic) bond motifs is 1. The average molecular weight is 632 g/mol. The molecule has 8 nitrogen and oxygen atoms in total. The van der Waals surface area contributed by atoms with Gasteiger partial charge in [0.15, 0.2) is 11.4 Å². The summed E-state index contributed by atoms with van der Waals surface area (Å²) in [5, 5.41) is 10.4. The molecule has 1 N–H and O–H groups in total. The molecule has 3 atom stereocenters. The number of benzene rings is 4. The molecule has 0 spiro atoms. The van der Waals surface area contributed by atoms with Gasteiger partial charge in [0.25, 0.3) is 11.8 Å². The summed E-state index contributed by atoms with van der Waals surface area (Å²) in [7, 11) is 1.98. The highest BCUT2D eigenvalue weighted by molar-refractivity contribution is 7.99. The molecule has 5 aromatic rings. The third kappa shape index (κ3) is 6.02. The van der Waals surface area contributed by atoms with E-state index < -0.39 is 6.29 Å². The molecule has 3 heterocycles. The SMILES string of the molecule is Cn1ccnc1SC[C@@H]1C[C@H](c2ccc(CO)cc2)O[C@H](c2ccc(-c3ccccc3CN3C(=O)c4ccccc4C3=O)cc2)O1. The summed E-state index contributed by atoms with van der Waals surface area (Å²) in [6, 6.07) is 30.8. The quantitative estimate of drug-likeness (QED) is 0.143. The summed E-state index contributed by atoms with van der Waals surface area (Å²) < 4.78 is 15.1. The zero-order valence-corrected chi connectivity index (χ0v) is 26.1. The fraction of sp³-hybridized carbons (Fsp3) is 0.216. The second kappa shape index (κ2) is 13.1. The second-order valence-electron chi connectivity index (χ2n) is 11.5. The molecule has 0 bridgehead atoms. The zero-order valence-electron chi connectivity index (χ0n) is 25.3. The predicted octanol–water partition coefficient (Wildman–Crippen LogP) is 6.71. The molecule has 0 radical (unpaired) electrons. The third-order valence-electron chi connectivity index (χ3n) is 8.51. The number of hydrogen-bond donors (Lipinski definition) is 1. The minimum Gasteiger partial charge on any atom is -0.392 e. The van der Waals surface area contributed by atoms with E-state index in [2.05, 4.69) is 4.98 Å². The number of carbonyl (C=O) groups excluding carboxylic acids is 2. The smallest absolute Gasteiger partial charge is 0.261 e. The summed E-state index contributed by atoms with van der Waals surface area (Å²) in [4.78, 5) is 31.9. The van der Waals surface area contributed by atoms with Gasteiger partial charge in [-0.3, -0.25) is 14.5 Å². The van der Waals surface area contributed by atoms with Crippen molar-refractivity contribution in [1.82, 2.24) is 14.5 Å². The maximum atomic E-state index is 13.1. The van der Waals surface area contributed by atoms with Crippen molar-refractivity contribution in [2.45, 2.75) is 43.2 Å². The molecule has 1 aromatic heterocycles. The van der Waals surface area contributed by atoms with Gasteiger partial charge in [-0.25, -0.2) is 4.98 Å². The summed E-state index contributed by atoms with van der Waals surface area (Å²) >= 11 is 1.66. The van der Waals surface area contributed by atoms with Crippen LogP contribution in [0.5, 0.6) is 0 Å². The van der Waals surface area contributed by atoms with Gasteiger partial charge in [-0.2, -0.15) is 0 Å². The van der Waals surface area contributed by atoms with Crippen LogP contribution in [-0.2, 0) is 29.7 Å². The van der Waals surface area contributed by atoms with Crippen LogP contribution in [-0.4, -0.2) is 43.2 Å². The number of carbonyl (C=O) groups is 2. The first kappa shape index (κ1) is 30.1. The van der Waals surface area contributed by atoms with E-state index >= 15 is 0 Å². The van der Waals surface area contributed by atoms with Gasteiger partial charge in [-0.1, -0.05) is 96.7 Å². The summed E-state index contributed by atoms with van der Waals surface area (Å²) in [6.45, 7) is 0.180. The first-order chi connectivity index (χ1) is 22.5. The Morgan fingerprint density at radius 1 is 0.826 bits per heavy atom. The zero-order chi connectivity index (χ0) is 31.6. The largest absolute Gasteiger partial charge is 0.392 e. The van der Waals surface area contributed by atoms with Gasteiger partial charge in [0.1, 0.15) is 0 Å². The number of amides is 2. The Morgan fingerprint density at radius 2 is 1.48 bits per heavy atom. The standard InChI is InChI=1S/C37H33N3O5S/c1-39-19-18-38-37(39)46-23-29-20-33(26-12-10-24(22-41)11-13-26)45-36(44-29)27-16-14-25(15-17-27)30-7-3-2-6-28(30)21-40-34(42)31-8-4-5-9-32(31)35(40)43/h2-19,29,33,36,41H,20-23H2,1H3/t29-,33+,36+/m0/s1. The number of imidazole rings is 1. The van der Waals surface area contributed by atoms with Crippen LogP contribution in [0.15, 0.2) is 115 Å². The van der Waals surface area contributed by atoms with Gasteiger partial charge in [0.2, 0.25) is 0 Å². The normalized spacial score (nSPS) is 19.4. The van der Waals surface area contributed by atoms with Gasteiger partial charge in [0, 0.05) is 37.2 Å². The van der Waals surface area contributed by atoms with Crippen LogP contribution in [0, 0.1) is 0 Å². The van der Waals surface area contributed by atoms with Crippen LogP contribution >= 0.6 is 11.8 Å². The lowest BCUT2D eigenvalue weighted by atomic mass is 9.97. The molecule has 0 unspecified atom stereocenters. The van der Waals surface area contributed by atoms with Gasteiger partial charge in [-0.15, -0.1) is 0 Å². The molecule has 9 heteroatoms. The lowest BCUT2D eigenvalue weighted by Crippen LogP contribution is -2.31. The number of aliphatic hydroxyl groups excluding tert-OH is 1. The molecular weight excluding hydrogens is 598 g/mol. The molecular formula is C37H33N3O5S. The lowest BCUT2D eigenvalue weighted by Gasteiger charge is -2.36. The molecule has 46 heavy (non-hydrogen) atoms. The molecule has 2 amide bonds. The van der Waals surface area contributed by atoms with Crippen LogP contribution in [0.4, 0.5) is 0 Å². The first-order valence-corrected chi connectivity index (χ1v) is 16.2. The van der Waals surface area contributed by atoms with Crippen molar-refractivity contribution in [3.63, 3.8) is 0 Å². The van der Waals surface area contributed by atoms with E-state index in [0.29, 0.717) is 17.5 Å². The molecule has 1 fully saturated rings. The van der Waals surface area contributed by atoms with E-state index in [1.165, 1.54) is 4.90 Å². The molecule has 2 aliphatic rings. The van der Waals surface area contributed by atoms with Crippen LogP contribution < -0.4 is 0 Å². The molecule has 0 aliphatic carbocycles. The number of aryl methyl sites for hydroxylation is 1. The molecule has 1 saturated heterocycles. The van der Waals surface area contributed by atoms with E-state index in [1.54, 1.807) is 42.2 Å². The Balaban J connectivity index is 1.11. The Labute approximate surface area is 271 Å². The van der Waals surface area contributed by atoms with Crippen molar-refractivity contribution < 1.29 is 24.2 Å². The van der Waals surface area contributed by atoms with Crippen molar-refractivity contribution in [2.75, 3.05) is 5.75 Å². The number of thioether (sulfide) groups is 1. The molecule has 2 aliphatic heterocycles. The predicted molar refractivity (Wildman–Crippen MR) is 175 cm³/mol. The molecule has 232 valence electrons. The van der Waals surface area contributed by atoms with Crippen molar-refractivity contribution in [1.29, 1.82) is 0 Å². The fourth-order valence-corrected chi connectivity index (χ4v) is 6.94. The Morgan fingerprint density at radius 3 is 2.13 bits per heavy atom. The lowest BCUT2D eigenvalue weighted by molar-refractivity contribution is -0.245. The average Bonchev–Trinajstić information content (AvgIpc) is 3.63. The summed E-state index contributed by atoms with van der Waals surface area (Å²) in [5.74, 6) is 0.182. The summed E-state index contributed by atoms with van der Waals surface area (Å²) in [5.41, 5.74) is 6.47. The van der Waals surface area contributed by atoms with E-state index in [4.69, 9.17) is 9.47 Å². The highest BCUT2D eigenvalue weighted by Crippen LogP contribution is 2.40. The first-order valence-electron chi connectivity index (χ1n) is 15.2. The van der Waals surface area contributed by atoms with E-state index in [1.807, 2.05) is 90.6 Å². The topological polar surface area (TPSA) is 93.9 Å². The third-order valence-corrected chi connectivity index (χ3v) is 9.70. The minimum absolute atomic E-state index is 0.00571. The number of nitrogens with zero attached hydrogens (tertiary/aromatic N) is 3. The molecule has 0 saturated carbocycles. The maximum Gasteiger partial charge on any atom is 0.261 e. The van der Waals surface area contributed by atoms with Crippen molar-refractivity contribution in [2.24, 2.45) is 7.05 Å². The second-order valence-corrected chi connectivity index (χ2v) is 12.5. The van der Waals surface area contributed by atoms with Crippen molar-refractivity contribution in [3.05, 3.63) is 143 Å². The number of rotatable bonds is 9. The summed E-state index contributed by atoms with van der Waals surface area (Å²) in [6.07, 6.45) is 3.57. The number of aromatic nitrogens is 2. The van der Waals surface area contributed by atoms with E-state index in [-0.39, 0.29) is 37.2 Å². The number of hydrogen-bond acceptors (Lipinski definition) is 7. The van der Waals surface area contributed by atoms with Crippen molar-refractivity contribution in [3.8, 4) is 11.1 Å². The van der Waals surface area contributed by atoms with Gasteiger partial charge in [-0.05, 0) is 39.9 Å². The number of aliphatic hydroxyl groups is 1. The van der Waals surface area contributed by atoms with Crippen LogP contribution in [0.1, 0.15) is 61.8 Å². The monoisotopic (exact) mass is 631 g/mol. The van der Waals surface area contributed by atoms with Crippen LogP contribution in [0.25, 0.3) is 11.1 Å². The Bertz CT molecular complexity index is 1840. The number of imide groups is 1. The van der Waals surface area contributed by atoms with Gasteiger partial charge >= 0.3 is 0 Å². The van der Waals surface area contributed by atoms with E-state index in [0.717, 1.165) is 44.3 Å². The van der Waals surface area contributed by atoms with Crippen molar-refractivity contribution >= 4 is 23.6 Å². The van der Waals surface area contributed by atoms with Gasteiger partial charge < -0.3 is 19.1 Å². The fourth-order valence-electron chi connectivity index (χ4n) is 5.99. The number of ether oxygens (including phenoxy) is 2. The molecule has 7 rings (SSSR count). The Kier molecular flexibility index (Phi) is 8.55. The maximum absolute atomic E-state index is 13.1.